The molecular formula is C30H34N2O3. The van der Waals surface area contributed by atoms with Crippen LogP contribution in [-0.2, 0) is 16.1 Å². The Kier molecular flexibility index (Phi) is 4.50. The maximum absolute atomic E-state index is 14.2. The summed E-state index contributed by atoms with van der Waals surface area (Å²) in [4.78, 5) is 31.9. The zero-order valence-corrected chi connectivity index (χ0v) is 20.7. The lowest BCUT2D eigenvalue weighted by Gasteiger charge is -2.73. The Hall–Kier alpha value is -2.82. The zero-order chi connectivity index (χ0) is 23.9. The Morgan fingerprint density at radius 2 is 1.46 bits per heavy atom. The lowest BCUT2D eigenvalue weighted by molar-refractivity contribution is -0.243. The minimum Gasteiger partial charge on any atom is -0.497 e. The molecule has 182 valence electrons. The summed E-state index contributed by atoms with van der Waals surface area (Å²) in [5, 5.41) is 0. The van der Waals surface area contributed by atoms with Gasteiger partial charge >= 0.3 is 0 Å². The normalized spacial score (nSPS) is 39.1. The number of benzene rings is 2. The van der Waals surface area contributed by atoms with E-state index in [9.17, 15) is 9.59 Å². The van der Waals surface area contributed by atoms with E-state index in [4.69, 9.17) is 4.74 Å². The van der Waals surface area contributed by atoms with Crippen LogP contribution in [0.3, 0.4) is 0 Å². The number of methoxy groups -OCH3 is 1. The van der Waals surface area contributed by atoms with Crippen molar-refractivity contribution < 1.29 is 14.3 Å². The van der Waals surface area contributed by atoms with Gasteiger partial charge in [0.2, 0.25) is 11.8 Å². The summed E-state index contributed by atoms with van der Waals surface area (Å²) in [6.45, 7) is 0.530. The third kappa shape index (κ3) is 2.75. The first-order valence-electron chi connectivity index (χ1n) is 13.2. The first-order valence-corrected chi connectivity index (χ1v) is 13.2. The van der Waals surface area contributed by atoms with Crippen LogP contribution in [-0.4, -0.2) is 41.8 Å². The molecular weight excluding hydrogens is 436 g/mol. The number of ether oxygens (including phenoxy) is 1. The molecule has 0 N–H and O–H groups in total. The second kappa shape index (κ2) is 7.35. The van der Waals surface area contributed by atoms with Gasteiger partial charge in [-0.2, -0.15) is 0 Å². The van der Waals surface area contributed by atoms with E-state index in [2.05, 4.69) is 24.3 Å². The van der Waals surface area contributed by atoms with Crippen molar-refractivity contribution in [3.05, 3.63) is 65.7 Å². The van der Waals surface area contributed by atoms with Gasteiger partial charge in [0.15, 0.2) is 5.41 Å². The molecule has 2 aliphatic heterocycles. The first-order chi connectivity index (χ1) is 17.0. The molecule has 2 aromatic carbocycles. The minimum absolute atomic E-state index is 0.00234. The number of rotatable bonds is 5. The van der Waals surface area contributed by atoms with Crippen LogP contribution in [0.1, 0.15) is 55.7 Å². The third-order valence-electron chi connectivity index (χ3n) is 10.1. The van der Waals surface area contributed by atoms with Crippen LogP contribution in [0.25, 0.3) is 0 Å². The molecule has 4 aliphatic carbocycles. The number of β-lactam (4-membered cyclic amide) rings is 2. The first kappa shape index (κ1) is 21.5. The molecule has 4 saturated carbocycles. The maximum Gasteiger partial charge on any atom is 0.243 e. The monoisotopic (exact) mass is 470 g/mol. The summed E-state index contributed by atoms with van der Waals surface area (Å²) in [6.07, 6.45) is 7.62. The SMILES string of the molecule is COc1ccc([C@@H]2N(Cc3ccccc3)C(=O)[C@]23C(=O)N(C)C3C23CC4CC(CC(C4)C2)C3)cc1. The van der Waals surface area contributed by atoms with E-state index >= 15 is 0 Å². The van der Waals surface area contributed by atoms with E-state index in [1.54, 1.807) is 7.11 Å². The van der Waals surface area contributed by atoms with Crippen molar-refractivity contribution in [2.24, 2.45) is 28.6 Å². The highest BCUT2D eigenvalue weighted by molar-refractivity contribution is 6.15. The van der Waals surface area contributed by atoms with E-state index in [-0.39, 0.29) is 29.3 Å². The molecule has 5 heteroatoms. The summed E-state index contributed by atoms with van der Waals surface area (Å²) in [5.74, 6) is 3.17. The van der Waals surface area contributed by atoms with Crippen LogP contribution >= 0.6 is 0 Å². The predicted molar refractivity (Wildman–Crippen MR) is 132 cm³/mol. The Morgan fingerprint density at radius 1 is 0.857 bits per heavy atom. The number of hydrogen-bond donors (Lipinski definition) is 0. The topological polar surface area (TPSA) is 49.9 Å². The van der Waals surface area contributed by atoms with E-state index in [1.165, 1.54) is 38.5 Å². The molecule has 3 atom stereocenters. The number of amides is 2. The predicted octanol–water partition coefficient (Wildman–Crippen LogP) is 4.82. The van der Waals surface area contributed by atoms with Gasteiger partial charge in [0, 0.05) is 13.6 Å². The summed E-state index contributed by atoms with van der Waals surface area (Å²) in [5.41, 5.74) is 1.28. The molecule has 2 heterocycles. The molecule has 4 bridgehead atoms. The van der Waals surface area contributed by atoms with E-state index in [0.29, 0.717) is 6.54 Å². The van der Waals surface area contributed by atoms with Gasteiger partial charge in [-0.3, -0.25) is 9.59 Å². The molecule has 0 aromatic heterocycles. The smallest absolute Gasteiger partial charge is 0.243 e. The fourth-order valence-corrected chi connectivity index (χ4v) is 9.47. The largest absolute Gasteiger partial charge is 0.497 e. The lowest BCUT2D eigenvalue weighted by Crippen LogP contribution is -2.86. The van der Waals surface area contributed by atoms with Crippen molar-refractivity contribution in [3.63, 3.8) is 0 Å². The number of likely N-dealkylation sites (tertiary alicyclic amines) is 2. The quantitative estimate of drug-likeness (QED) is 0.465. The molecule has 5 nitrogen and oxygen atoms in total. The average Bonchev–Trinajstić information content (AvgIpc) is 2.86. The average molecular weight is 471 g/mol. The Labute approximate surface area is 207 Å². The maximum atomic E-state index is 14.2. The van der Waals surface area contributed by atoms with Gasteiger partial charge < -0.3 is 14.5 Å². The van der Waals surface area contributed by atoms with Gasteiger partial charge in [-0.25, -0.2) is 0 Å². The standard InChI is InChI=1S/C30H34N2O3/c1-31-26(29-15-20-12-21(16-29)14-22(13-20)17-29)30(27(31)33)25(23-8-10-24(35-2)11-9-23)32(28(30)34)18-19-6-4-3-5-7-19/h3-11,20-22,25-26H,12-18H2,1-2H3/t20?,21?,22?,25-,26?,29?,30+/m0/s1. The molecule has 2 aromatic rings. The second-order valence-electron chi connectivity index (χ2n) is 12.1. The molecule has 1 unspecified atom stereocenters. The molecule has 2 saturated heterocycles. The van der Waals surface area contributed by atoms with Crippen molar-refractivity contribution in [1.29, 1.82) is 0 Å². The van der Waals surface area contributed by atoms with Gasteiger partial charge in [0.1, 0.15) is 5.75 Å². The number of carbonyl (C=O) groups excluding carboxylic acids is 2. The van der Waals surface area contributed by atoms with Gasteiger partial charge in [-0.15, -0.1) is 0 Å². The molecule has 1 spiro atoms. The van der Waals surface area contributed by atoms with Crippen molar-refractivity contribution in [2.45, 2.75) is 57.2 Å². The zero-order valence-electron chi connectivity index (χ0n) is 20.7. The van der Waals surface area contributed by atoms with Crippen LogP contribution in [0, 0.1) is 28.6 Å². The summed E-state index contributed by atoms with van der Waals surface area (Å²) < 4.78 is 5.40. The van der Waals surface area contributed by atoms with Crippen molar-refractivity contribution in [3.8, 4) is 5.75 Å². The molecule has 6 fully saturated rings. The van der Waals surface area contributed by atoms with Gasteiger partial charge in [0.25, 0.3) is 0 Å². The fraction of sp³-hybridized carbons (Fsp3) is 0.533. The van der Waals surface area contributed by atoms with E-state index < -0.39 is 5.41 Å². The molecule has 2 amide bonds. The number of carbonyl (C=O) groups is 2. The molecule has 6 aliphatic rings. The third-order valence-corrected chi connectivity index (χ3v) is 10.1. The minimum atomic E-state index is -0.955. The Morgan fingerprint density at radius 3 is 2.03 bits per heavy atom. The van der Waals surface area contributed by atoms with Gasteiger partial charge in [-0.1, -0.05) is 42.5 Å². The molecule has 0 radical (unpaired) electrons. The van der Waals surface area contributed by atoms with Gasteiger partial charge in [-0.05, 0) is 85.0 Å². The lowest BCUT2D eigenvalue weighted by atomic mass is 9.40. The van der Waals surface area contributed by atoms with E-state index in [0.717, 1.165) is 34.6 Å². The van der Waals surface area contributed by atoms with Crippen LogP contribution < -0.4 is 4.74 Å². The fourth-order valence-electron chi connectivity index (χ4n) is 9.47. The number of nitrogens with zero attached hydrogens (tertiary/aromatic N) is 2. The van der Waals surface area contributed by atoms with Crippen molar-refractivity contribution in [1.82, 2.24) is 9.80 Å². The summed E-state index contributed by atoms with van der Waals surface area (Å²) in [6, 6.07) is 17.9. The molecule has 8 rings (SSSR count). The van der Waals surface area contributed by atoms with Crippen LogP contribution in [0.4, 0.5) is 0 Å². The van der Waals surface area contributed by atoms with Gasteiger partial charge in [0.05, 0.1) is 19.2 Å². The number of hydrogen-bond acceptors (Lipinski definition) is 3. The Bertz CT molecular complexity index is 1140. The van der Waals surface area contributed by atoms with Crippen LogP contribution in [0.2, 0.25) is 0 Å². The highest BCUT2D eigenvalue weighted by Crippen LogP contribution is 2.71. The second-order valence-corrected chi connectivity index (χ2v) is 12.1. The molecule has 35 heavy (non-hydrogen) atoms. The van der Waals surface area contributed by atoms with E-state index in [1.807, 2.05) is 47.2 Å². The van der Waals surface area contributed by atoms with Crippen LogP contribution in [0.15, 0.2) is 54.6 Å². The van der Waals surface area contributed by atoms with Crippen molar-refractivity contribution in [2.75, 3.05) is 14.2 Å². The van der Waals surface area contributed by atoms with Crippen LogP contribution in [0.5, 0.6) is 5.75 Å². The summed E-state index contributed by atoms with van der Waals surface area (Å²) >= 11 is 0. The summed E-state index contributed by atoms with van der Waals surface area (Å²) in [7, 11) is 3.62. The van der Waals surface area contributed by atoms with Crippen molar-refractivity contribution >= 4 is 11.8 Å². The Balaban J connectivity index is 1.31. The highest BCUT2D eigenvalue weighted by Gasteiger charge is 2.81. The highest BCUT2D eigenvalue weighted by atomic mass is 16.5.